The Kier molecular flexibility index (Phi) is 8.71. The van der Waals surface area contributed by atoms with E-state index in [0.717, 1.165) is 28.9 Å². The molecule has 4 saturated carbocycles. The lowest BCUT2D eigenvalue weighted by Crippen LogP contribution is -2.51. The summed E-state index contributed by atoms with van der Waals surface area (Å²) < 4.78 is 24.9. The number of amides is 2. The maximum Gasteiger partial charge on any atom is 0.337 e. The molecule has 4 bridgehead atoms. The first-order valence-corrected chi connectivity index (χ1v) is 15.6. The summed E-state index contributed by atoms with van der Waals surface area (Å²) in [5.74, 6) is 2.25. The van der Waals surface area contributed by atoms with Crippen LogP contribution in [0.15, 0.2) is 42.5 Å². The summed E-state index contributed by atoms with van der Waals surface area (Å²) in [5, 5.41) is 2.93. The Hall–Kier alpha value is -3.46. The largest absolute Gasteiger partial charge is 0.489 e. The monoisotopic (exact) mass is 591 g/mol. The van der Waals surface area contributed by atoms with Gasteiger partial charge in [-0.1, -0.05) is 12.1 Å². The summed E-state index contributed by atoms with van der Waals surface area (Å²) in [6, 6.07) is 11.5. The molecular weight excluding hydrogens is 549 g/mol. The van der Waals surface area contributed by atoms with Gasteiger partial charge in [-0.05, 0) is 97.6 Å². The van der Waals surface area contributed by atoms with Gasteiger partial charge >= 0.3 is 5.97 Å². The zero-order chi connectivity index (χ0) is 30.0. The third-order valence-corrected chi connectivity index (χ3v) is 10.0. The van der Waals surface area contributed by atoms with Crippen LogP contribution < -0.4 is 10.1 Å². The van der Waals surface area contributed by atoms with Gasteiger partial charge in [-0.3, -0.25) is 14.5 Å². The second kappa shape index (κ2) is 12.6. The molecule has 5 fully saturated rings. The highest BCUT2D eigenvalue weighted by molar-refractivity contribution is 5.89. The van der Waals surface area contributed by atoms with Gasteiger partial charge in [-0.15, -0.1) is 0 Å². The molecular formula is C34H42FN3O5. The van der Waals surface area contributed by atoms with Crippen LogP contribution in [0.5, 0.6) is 5.75 Å². The van der Waals surface area contributed by atoms with Gasteiger partial charge in [0.2, 0.25) is 11.8 Å². The molecule has 230 valence electrons. The number of rotatable bonds is 10. The van der Waals surface area contributed by atoms with Crippen LogP contribution in [0, 0.1) is 29.0 Å². The van der Waals surface area contributed by atoms with Crippen molar-refractivity contribution in [2.24, 2.45) is 23.2 Å². The summed E-state index contributed by atoms with van der Waals surface area (Å²) in [6.45, 7) is 3.24. The normalized spacial score (nSPS) is 26.3. The fraction of sp³-hybridized carbons (Fsp3) is 0.559. The average Bonchev–Trinajstić information content (AvgIpc) is 2.99. The van der Waals surface area contributed by atoms with Crippen molar-refractivity contribution < 1.29 is 28.2 Å². The molecule has 0 unspecified atom stereocenters. The Morgan fingerprint density at radius 1 is 0.930 bits per heavy atom. The first-order valence-electron chi connectivity index (χ1n) is 15.6. The van der Waals surface area contributed by atoms with Crippen LogP contribution in [0.4, 0.5) is 4.39 Å². The molecule has 1 aliphatic heterocycles. The molecule has 1 heterocycles. The van der Waals surface area contributed by atoms with E-state index in [0.29, 0.717) is 50.5 Å². The molecule has 9 heteroatoms. The molecule has 43 heavy (non-hydrogen) atoms. The van der Waals surface area contributed by atoms with E-state index in [1.165, 1.54) is 57.8 Å². The molecule has 7 rings (SSSR count). The molecule has 0 aromatic heterocycles. The van der Waals surface area contributed by atoms with Crippen molar-refractivity contribution in [3.05, 3.63) is 65.0 Å². The summed E-state index contributed by atoms with van der Waals surface area (Å²) in [5.41, 5.74) is 2.25. The number of esters is 1. The number of nitrogens with zero attached hydrogens (tertiary/aromatic N) is 2. The van der Waals surface area contributed by atoms with Gasteiger partial charge in [0.05, 0.1) is 19.2 Å². The lowest BCUT2D eigenvalue weighted by Gasteiger charge is -2.56. The molecule has 2 aromatic rings. The molecule has 2 amide bonds. The molecule has 1 saturated heterocycles. The molecule has 0 atom stereocenters. The maximum absolute atomic E-state index is 14.2. The van der Waals surface area contributed by atoms with Gasteiger partial charge in [0, 0.05) is 44.7 Å². The summed E-state index contributed by atoms with van der Waals surface area (Å²) in [6.07, 6.45) is 8.18. The number of carbonyl (C=O) groups excluding carboxylic acids is 3. The summed E-state index contributed by atoms with van der Waals surface area (Å²) in [4.78, 5) is 41.5. The smallest absolute Gasteiger partial charge is 0.337 e. The number of hydrogen-bond acceptors (Lipinski definition) is 6. The third-order valence-electron chi connectivity index (χ3n) is 10.0. The lowest BCUT2D eigenvalue weighted by atomic mass is 9.49. The number of methoxy groups -OCH3 is 1. The maximum atomic E-state index is 14.2. The Labute approximate surface area is 252 Å². The minimum Gasteiger partial charge on any atom is -0.489 e. The minimum absolute atomic E-state index is 0.0203. The van der Waals surface area contributed by atoms with Crippen LogP contribution in [-0.2, 0) is 27.5 Å². The fourth-order valence-electron chi connectivity index (χ4n) is 8.42. The number of carbonyl (C=O) groups is 3. The molecule has 2 aromatic carbocycles. The van der Waals surface area contributed by atoms with Crippen LogP contribution in [0.1, 0.15) is 66.4 Å². The number of nitrogens with one attached hydrogen (secondary N) is 1. The fourth-order valence-corrected chi connectivity index (χ4v) is 8.42. The van der Waals surface area contributed by atoms with Gasteiger partial charge in [0.15, 0.2) is 0 Å². The second-order valence-corrected chi connectivity index (χ2v) is 13.3. The van der Waals surface area contributed by atoms with E-state index in [-0.39, 0.29) is 36.2 Å². The number of hydrogen-bond donors (Lipinski definition) is 1. The second-order valence-electron chi connectivity index (χ2n) is 13.3. The topological polar surface area (TPSA) is 88.2 Å². The first kappa shape index (κ1) is 29.6. The van der Waals surface area contributed by atoms with Crippen molar-refractivity contribution in [1.82, 2.24) is 15.1 Å². The zero-order valence-corrected chi connectivity index (χ0v) is 25.0. The van der Waals surface area contributed by atoms with Crippen molar-refractivity contribution in [2.75, 3.05) is 39.8 Å². The number of ether oxygens (including phenoxy) is 2. The molecule has 5 aliphatic rings. The van der Waals surface area contributed by atoms with Crippen LogP contribution in [0.3, 0.4) is 0 Å². The van der Waals surface area contributed by atoms with E-state index < -0.39 is 5.97 Å². The van der Waals surface area contributed by atoms with Crippen LogP contribution >= 0.6 is 0 Å². The zero-order valence-electron chi connectivity index (χ0n) is 25.0. The standard InChI is InChI=1S/C34H42FN3O5/c1-42-33(41)27-4-2-23(3-5-27)22-43-30-7-6-29(35)15-28(30)21-37-8-10-38(11-9-37)32(40)20-36-31(39)19-34-16-24-12-25(17-34)14-26(13-24)18-34/h2-7,15,24-26H,8-14,16-22H2,1H3,(H,36,39). The van der Waals surface area contributed by atoms with E-state index in [1.54, 1.807) is 30.3 Å². The van der Waals surface area contributed by atoms with Gasteiger partial charge in [-0.25, -0.2) is 9.18 Å². The Balaban J connectivity index is 0.955. The summed E-state index contributed by atoms with van der Waals surface area (Å²) in [7, 11) is 1.34. The average molecular weight is 592 g/mol. The van der Waals surface area contributed by atoms with Crippen molar-refractivity contribution >= 4 is 17.8 Å². The van der Waals surface area contributed by atoms with Crippen molar-refractivity contribution in [1.29, 1.82) is 0 Å². The minimum atomic E-state index is -0.396. The van der Waals surface area contributed by atoms with E-state index >= 15 is 0 Å². The van der Waals surface area contributed by atoms with Crippen LogP contribution in [-0.4, -0.2) is 67.4 Å². The van der Waals surface area contributed by atoms with E-state index in [9.17, 15) is 18.8 Å². The van der Waals surface area contributed by atoms with E-state index in [4.69, 9.17) is 9.47 Å². The highest BCUT2D eigenvalue weighted by atomic mass is 19.1. The first-order chi connectivity index (χ1) is 20.8. The SMILES string of the molecule is COC(=O)c1ccc(COc2ccc(F)cc2CN2CCN(C(=O)CNC(=O)CC34CC5CC(CC(C5)C3)C4)CC2)cc1. The van der Waals surface area contributed by atoms with Crippen LogP contribution in [0.2, 0.25) is 0 Å². The van der Waals surface area contributed by atoms with Gasteiger partial charge in [0.25, 0.3) is 0 Å². The Bertz CT molecular complexity index is 1300. The Morgan fingerprint density at radius 2 is 1.58 bits per heavy atom. The van der Waals surface area contributed by atoms with Gasteiger partial charge in [0.1, 0.15) is 18.2 Å². The number of piperazine rings is 1. The van der Waals surface area contributed by atoms with Gasteiger partial charge in [-0.2, -0.15) is 0 Å². The molecule has 0 spiro atoms. The van der Waals surface area contributed by atoms with Crippen molar-refractivity contribution in [3.8, 4) is 5.75 Å². The number of benzene rings is 2. The quantitative estimate of drug-likeness (QED) is 0.408. The highest BCUT2D eigenvalue weighted by Crippen LogP contribution is 2.61. The molecule has 8 nitrogen and oxygen atoms in total. The lowest BCUT2D eigenvalue weighted by molar-refractivity contribution is -0.136. The van der Waals surface area contributed by atoms with Crippen LogP contribution in [0.25, 0.3) is 0 Å². The predicted octanol–water partition coefficient (Wildman–Crippen LogP) is 4.56. The molecule has 1 N–H and O–H groups in total. The van der Waals surface area contributed by atoms with E-state index in [1.807, 2.05) is 4.90 Å². The molecule has 4 aliphatic carbocycles. The summed E-state index contributed by atoms with van der Waals surface area (Å²) >= 11 is 0. The van der Waals surface area contributed by atoms with Crippen molar-refractivity contribution in [3.63, 3.8) is 0 Å². The molecule has 0 radical (unpaired) electrons. The predicted molar refractivity (Wildman–Crippen MR) is 159 cm³/mol. The number of halogens is 1. The highest BCUT2D eigenvalue weighted by Gasteiger charge is 2.51. The van der Waals surface area contributed by atoms with Crippen molar-refractivity contribution in [2.45, 2.75) is 58.1 Å². The van der Waals surface area contributed by atoms with Gasteiger partial charge < -0.3 is 19.7 Å². The van der Waals surface area contributed by atoms with E-state index in [2.05, 4.69) is 10.2 Å². The third kappa shape index (κ3) is 7.03. The Morgan fingerprint density at radius 3 is 2.21 bits per heavy atom.